The van der Waals surface area contributed by atoms with Crippen LogP contribution in [0.3, 0.4) is 0 Å². The fraction of sp³-hybridized carbons (Fsp3) is 0.385. The number of fused-ring (bicyclic) bond motifs is 1. The van der Waals surface area contributed by atoms with Crippen molar-refractivity contribution in [3.63, 3.8) is 0 Å². The zero-order chi connectivity index (χ0) is 23.6. The molecule has 0 N–H and O–H groups in total. The van der Waals surface area contributed by atoms with Gasteiger partial charge in [0, 0.05) is 17.0 Å². The summed E-state index contributed by atoms with van der Waals surface area (Å²) >= 11 is 1.72. The second kappa shape index (κ2) is 9.43. The Kier molecular flexibility index (Phi) is 6.61. The van der Waals surface area contributed by atoms with Crippen molar-refractivity contribution >= 4 is 23.2 Å². The van der Waals surface area contributed by atoms with Gasteiger partial charge in [0.1, 0.15) is 18.9 Å². The topological polar surface area (TPSA) is 63.0 Å². The van der Waals surface area contributed by atoms with E-state index in [1.807, 2.05) is 56.9 Å². The van der Waals surface area contributed by atoms with Crippen molar-refractivity contribution in [2.24, 2.45) is 0 Å². The molecule has 2 amide bonds. The number of benzene rings is 1. The number of amides is 2. The van der Waals surface area contributed by atoms with Crippen LogP contribution in [-0.2, 0) is 11.2 Å². The van der Waals surface area contributed by atoms with E-state index in [2.05, 4.69) is 11.4 Å². The molecule has 3 aromatic rings. The molecule has 1 aliphatic rings. The molecule has 6 nitrogen and oxygen atoms in total. The van der Waals surface area contributed by atoms with E-state index in [9.17, 15) is 9.59 Å². The zero-order valence-corrected chi connectivity index (χ0v) is 20.4. The number of hydrogen-bond acceptors (Lipinski definition) is 5. The predicted octanol–water partition coefficient (Wildman–Crippen LogP) is 5.10. The second-order valence-corrected chi connectivity index (χ2v) is 10.3. The van der Waals surface area contributed by atoms with Crippen molar-refractivity contribution in [3.8, 4) is 5.75 Å². The highest BCUT2D eigenvalue weighted by molar-refractivity contribution is 7.10. The summed E-state index contributed by atoms with van der Waals surface area (Å²) < 4.78 is 11.4. The molecule has 0 bridgehead atoms. The van der Waals surface area contributed by atoms with Gasteiger partial charge in [-0.2, -0.15) is 0 Å². The molecule has 0 aliphatic carbocycles. The smallest absolute Gasteiger partial charge is 0.290 e. The van der Waals surface area contributed by atoms with E-state index in [0.717, 1.165) is 17.7 Å². The van der Waals surface area contributed by atoms with E-state index in [0.29, 0.717) is 13.2 Å². The molecule has 0 spiro atoms. The molecule has 0 saturated heterocycles. The zero-order valence-electron chi connectivity index (χ0n) is 19.5. The average molecular weight is 467 g/mol. The monoisotopic (exact) mass is 466 g/mol. The number of ether oxygens (including phenoxy) is 1. The lowest BCUT2D eigenvalue weighted by atomic mass is 9.99. The highest BCUT2D eigenvalue weighted by Gasteiger charge is 2.36. The third kappa shape index (κ3) is 5.14. The van der Waals surface area contributed by atoms with Crippen LogP contribution >= 0.6 is 11.3 Å². The van der Waals surface area contributed by atoms with Crippen molar-refractivity contribution in [1.82, 2.24) is 9.80 Å². The number of nitrogens with zero attached hydrogens (tertiary/aromatic N) is 2. The highest BCUT2D eigenvalue weighted by atomic mass is 32.1. The number of carbonyl (C=O) groups excluding carboxylic acids is 2. The van der Waals surface area contributed by atoms with Crippen LogP contribution in [0.15, 0.2) is 58.5 Å². The Morgan fingerprint density at radius 2 is 1.94 bits per heavy atom. The summed E-state index contributed by atoms with van der Waals surface area (Å²) in [6.07, 6.45) is 2.28. The van der Waals surface area contributed by atoms with Gasteiger partial charge in [-0.05, 0) is 75.4 Å². The van der Waals surface area contributed by atoms with Crippen LogP contribution in [0.5, 0.6) is 5.75 Å². The van der Waals surface area contributed by atoms with Gasteiger partial charge in [0.2, 0.25) is 5.91 Å². The number of aryl methyl sites for hydroxylation is 1. The molecule has 1 aliphatic heterocycles. The first-order chi connectivity index (χ1) is 15.7. The third-order valence-corrected chi connectivity index (χ3v) is 6.92. The van der Waals surface area contributed by atoms with Crippen molar-refractivity contribution in [2.45, 2.75) is 45.7 Å². The number of carbonyl (C=O) groups is 2. The minimum Gasteiger partial charge on any atom is -0.491 e. The average Bonchev–Trinajstić information content (AvgIpc) is 3.47. The summed E-state index contributed by atoms with van der Waals surface area (Å²) in [6, 6.07) is 13.1. The van der Waals surface area contributed by atoms with E-state index in [4.69, 9.17) is 9.15 Å². The maximum Gasteiger partial charge on any atom is 0.290 e. The van der Waals surface area contributed by atoms with Crippen molar-refractivity contribution in [3.05, 3.63) is 75.9 Å². The van der Waals surface area contributed by atoms with Gasteiger partial charge in [0.25, 0.3) is 5.91 Å². The number of rotatable bonds is 6. The van der Waals surface area contributed by atoms with E-state index in [1.165, 1.54) is 16.7 Å². The van der Waals surface area contributed by atoms with Crippen molar-refractivity contribution in [1.29, 1.82) is 0 Å². The summed E-state index contributed by atoms with van der Waals surface area (Å²) in [6.45, 7) is 8.74. The third-order valence-electron chi connectivity index (χ3n) is 5.92. The van der Waals surface area contributed by atoms with Crippen LogP contribution in [0.25, 0.3) is 0 Å². The summed E-state index contributed by atoms with van der Waals surface area (Å²) in [5.74, 6) is 0.621. The van der Waals surface area contributed by atoms with Crippen LogP contribution in [-0.4, -0.2) is 46.8 Å². The molecule has 33 heavy (non-hydrogen) atoms. The Morgan fingerprint density at radius 3 is 2.61 bits per heavy atom. The summed E-state index contributed by atoms with van der Waals surface area (Å²) in [5, 5.41) is 2.07. The molecule has 0 saturated carbocycles. The summed E-state index contributed by atoms with van der Waals surface area (Å²) in [5.41, 5.74) is 1.75. The quantitative estimate of drug-likeness (QED) is 0.507. The van der Waals surface area contributed by atoms with Gasteiger partial charge in [-0.25, -0.2) is 0 Å². The molecular formula is C26H30N2O4S. The maximum atomic E-state index is 13.6. The molecule has 0 fully saturated rings. The largest absolute Gasteiger partial charge is 0.491 e. The Bertz CT molecular complexity index is 1100. The lowest BCUT2D eigenvalue weighted by Gasteiger charge is -2.40. The Morgan fingerprint density at radius 1 is 1.18 bits per heavy atom. The highest BCUT2D eigenvalue weighted by Crippen LogP contribution is 2.34. The lowest BCUT2D eigenvalue weighted by molar-refractivity contribution is -0.136. The Labute approximate surface area is 198 Å². The van der Waals surface area contributed by atoms with Gasteiger partial charge in [0.05, 0.1) is 12.3 Å². The summed E-state index contributed by atoms with van der Waals surface area (Å²) in [4.78, 5) is 31.4. The summed E-state index contributed by atoms with van der Waals surface area (Å²) in [7, 11) is 0. The minimum absolute atomic E-state index is 0.0243. The van der Waals surface area contributed by atoms with Gasteiger partial charge in [-0.1, -0.05) is 17.7 Å². The van der Waals surface area contributed by atoms with Crippen LogP contribution < -0.4 is 4.74 Å². The van der Waals surface area contributed by atoms with Gasteiger partial charge < -0.3 is 19.0 Å². The van der Waals surface area contributed by atoms with E-state index < -0.39 is 5.54 Å². The molecule has 7 heteroatoms. The molecule has 4 rings (SSSR count). The predicted molar refractivity (Wildman–Crippen MR) is 129 cm³/mol. The molecule has 174 valence electrons. The molecule has 0 unspecified atom stereocenters. The Balaban J connectivity index is 1.54. The molecular weight excluding hydrogens is 436 g/mol. The number of hydrogen-bond donors (Lipinski definition) is 0. The maximum absolute atomic E-state index is 13.6. The second-order valence-electron chi connectivity index (χ2n) is 9.32. The van der Waals surface area contributed by atoms with Gasteiger partial charge >= 0.3 is 0 Å². The normalized spacial score (nSPS) is 15.8. The fourth-order valence-electron chi connectivity index (χ4n) is 4.06. The van der Waals surface area contributed by atoms with Gasteiger partial charge in [-0.3, -0.25) is 9.59 Å². The number of furan rings is 1. The van der Waals surface area contributed by atoms with Crippen LogP contribution in [0.2, 0.25) is 0 Å². The van der Waals surface area contributed by atoms with Gasteiger partial charge in [-0.15, -0.1) is 11.3 Å². The Hall–Kier alpha value is -3.06. The first-order valence-electron chi connectivity index (χ1n) is 11.1. The molecule has 0 radical (unpaired) electrons. The first kappa shape index (κ1) is 23.1. The van der Waals surface area contributed by atoms with E-state index >= 15 is 0 Å². The van der Waals surface area contributed by atoms with E-state index in [-0.39, 0.29) is 30.2 Å². The molecule has 1 aromatic carbocycles. The standard InChI is InChI=1S/C26H30N2O4S/c1-18-7-9-19(10-8-18)32-17-21-20-12-15-33-23(20)11-13-27(21)24(29)16-28(26(2,3)4)25(30)22-6-5-14-31-22/h5-10,12,14-15,21H,11,13,16-17H2,1-4H3/t21-/m0/s1. The van der Waals surface area contributed by atoms with Crippen molar-refractivity contribution < 1.29 is 18.7 Å². The minimum atomic E-state index is -0.545. The van der Waals surface area contributed by atoms with E-state index in [1.54, 1.807) is 28.4 Å². The van der Waals surface area contributed by atoms with Crippen molar-refractivity contribution in [2.75, 3.05) is 19.7 Å². The SMILES string of the molecule is Cc1ccc(OC[C@H]2c3ccsc3CCN2C(=O)CN(C(=O)c2ccco2)C(C)(C)C)cc1. The van der Waals surface area contributed by atoms with Crippen LogP contribution in [0, 0.1) is 6.92 Å². The molecule has 1 atom stereocenters. The van der Waals surface area contributed by atoms with Gasteiger partial charge in [0.15, 0.2) is 5.76 Å². The molecule has 3 heterocycles. The van der Waals surface area contributed by atoms with Crippen LogP contribution in [0.4, 0.5) is 0 Å². The van der Waals surface area contributed by atoms with Crippen LogP contribution in [0.1, 0.15) is 53.4 Å². The number of thiophene rings is 1. The molecule has 2 aromatic heterocycles. The lowest BCUT2D eigenvalue weighted by Crippen LogP contribution is -2.53. The first-order valence-corrected chi connectivity index (χ1v) is 12.0. The fourth-order valence-corrected chi connectivity index (χ4v) is 4.99.